The number of unbranched alkanes of at least 4 members (excludes halogenated alkanes) is 3. The molecule has 0 aliphatic heterocycles. The molecule has 0 bridgehead atoms. The van der Waals surface area contributed by atoms with Crippen LogP contribution >= 0.6 is 0 Å². The fourth-order valence-corrected chi connectivity index (χ4v) is 6.07. The molecule has 0 aliphatic rings. The zero-order chi connectivity index (χ0) is 11.1. The molecule has 0 saturated heterocycles. The van der Waals surface area contributed by atoms with Gasteiger partial charge < -0.3 is 0 Å². The Morgan fingerprint density at radius 1 is 0.786 bits per heavy atom. The van der Waals surface area contributed by atoms with Gasteiger partial charge in [0.15, 0.2) is 0 Å². The molecule has 14 heavy (non-hydrogen) atoms. The molecule has 0 heterocycles. The Labute approximate surface area is 115 Å². The summed E-state index contributed by atoms with van der Waals surface area (Å²) in [5.74, 6) is 0. The zero-order valence-electron chi connectivity index (χ0n) is 10.4. The Balaban J connectivity index is 0. The van der Waals surface area contributed by atoms with E-state index in [4.69, 9.17) is 0 Å². The van der Waals surface area contributed by atoms with Gasteiger partial charge in [0.05, 0.1) is 0 Å². The third-order valence-corrected chi connectivity index (χ3v) is 6.99. The summed E-state index contributed by atoms with van der Waals surface area (Å²) in [6, 6.07) is 0. The van der Waals surface area contributed by atoms with Gasteiger partial charge in [-0.15, -0.1) is 0 Å². The van der Waals surface area contributed by atoms with Crippen LogP contribution < -0.4 is 0 Å². The first-order valence-corrected chi connectivity index (χ1v) is 12.2. The van der Waals surface area contributed by atoms with E-state index in [2.05, 4.69) is 20.8 Å². The fourth-order valence-electron chi connectivity index (χ4n) is 0.905. The van der Waals surface area contributed by atoms with Gasteiger partial charge in [0, 0.05) is 0 Å². The predicted molar refractivity (Wildman–Crippen MR) is 70.7 cm³/mol. The second kappa shape index (κ2) is 20.1. The quantitative estimate of drug-likeness (QED) is 0.410. The molecular weight excluding hydrogens is 382 g/mol. The fraction of sp³-hybridized carbons (Fsp3) is 1.00. The maximum atomic E-state index is 2.29. The van der Waals surface area contributed by atoms with E-state index < -0.39 is 0 Å². The van der Waals surface area contributed by atoms with Crippen molar-refractivity contribution < 1.29 is 0 Å². The third-order valence-electron chi connectivity index (χ3n) is 1.94. The molecule has 0 N–H and O–H groups in total. The van der Waals surface area contributed by atoms with Crippen LogP contribution in [0.1, 0.15) is 59.3 Å². The van der Waals surface area contributed by atoms with E-state index >= 15 is 0 Å². The van der Waals surface area contributed by atoms with Crippen molar-refractivity contribution in [3.63, 3.8) is 0 Å². The Morgan fingerprint density at radius 3 is 1.43 bits per heavy atom. The number of hydrogen-bond donors (Lipinski definition) is 0. The van der Waals surface area contributed by atoms with E-state index in [1.807, 2.05) is 0 Å². The van der Waals surface area contributed by atoms with Crippen molar-refractivity contribution in [1.82, 2.24) is 0 Å². The summed E-state index contributed by atoms with van der Waals surface area (Å²) in [5, 5.41) is 0. The zero-order valence-corrected chi connectivity index (χ0v) is 16.1. The Morgan fingerprint density at radius 2 is 1.21 bits per heavy atom. The molecule has 0 aromatic carbocycles. The van der Waals surface area contributed by atoms with Crippen LogP contribution in [0.5, 0.6) is 0 Å². The molecule has 0 nitrogen and oxygen atoms in total. The van der Waals surface area contributed by atoms with Gasteiger partial charge in [-0.2, -0.15) is 0 Å². The van der Waals surface area contributed by atoms with Gasteiger partial charge in [-0.3, -0.25) is 0 Å². The van der Waals surface area contributed by atoms with Crippen LogP contribution in [-0.4, -0.2) is 43.7 Å². The van der Waals surface area contributed by atoms with Gasteiger partial charge in [-0.1, -0.05) is 0 Å². The van der Waals surface area contributed by atoms with E-state index in [9.17, 15) is 0 Å². The first-order valence-electron chi connectivity index (χ1n) is 6.18. The number of rotatable bonds is 8. The molecule has 0 radical (unpaired) electrons. The van der Waals surface area contributed by atoms with Gasteiger partial charge in [-0.25, -0.2) is 0 Å². The van der Waals surface area contributed by atoms with Gasteiger partial charge in [0.25, 0.3) is 0 Å². The summed E-state index contributed by atoms with van der Waals surface area (Å²) in [4.78, 5) is 0. The standard InChI is InChI=1S/3C4H9.2Sn/c3*1-3-4-2;;/h3*1,3-4H2,2H3;;/q;;;+2;+3. The van der Waals surface area contributed by atoms with Crippen molar-refractivity contribution in [2.45, 2.75) is 72.6 Å². The summed E-state index contributed by atoms with van der Waals surface area (Å²) < 4.78 is 4.68. The molecule has 0 aliphatic carbocycles. The van der Waals surface area contributed by atoms with Crippen molar-refractivity contribution >= 4 is 43.7 Å². The molecule has 0 rings (SSSR count). The molecule has 78 valence electrons. The molecule has 0 amide bonds. The SMILES string of the molecule is CCC[CH2][Sn+2][CH2]CCC.CCC[CH2][Sn+3]. The molecule has 2 heteroatoms. The van der Waals surface area contributed by atoms with Crippen molar-refractivity contribution in [3.05, 3.63) is 0 Å². The summed E-state index contributed by atoms with van der Waals surface area (Å²) in [5.41, 5.74) is 0. The molecule has 0 aromatic heterocycles. The van der Waals surface area contributed by atoms with Crippen LogP contribution in [0.4, 0.5) is 0 Å². The van der Waals surface area contributed by atoms with E-state index in [0.29, 0.717) is 0 Å². The first-order chi connectivity index (χ1) is 6.83. The molecule has 0 atom stereocenters. The van der Waals surface area contributed by atoms with Crippen LogP contribution in [-0.2, 0) is 0 Å². The minimum absolute atomic E-state index is 0.149. The van der Waals surface area contributed by atoms with Crippen LogP contribution in [0.15, 0.2) is 0 Å². The van der Waals surface area contributed by atoms with E-state index in [0.717, 1.165) is 0 Å². The van der Waals surface area contributed by atoms with Gasteiger partial charge in [0.1, 0.15) is 0 Å². The summed E-state index contributed by atoms with van der Waals surface area (Å²) >= 11 is 1.83. The van der Waals surface area contributed by atoms with Gasteiger partial charge in [-0.05, 0) is 0 Å². The first kappa shape index (κ1) is 18.0. The number of hydrogen-bond acceptors (Lipinski definition) is 0. The van der Waals surface area contributed by atoms with Crippen molar-refractivity contribution in [1.29, 1.82) is 0 Å². The topological polar surface area (TPSA) is 0 Å². The second-order valence-corrected chi connectivity index (χ2v) is 9.27. The van der Waals surface area contributed by atoms with Gasteiger partial charge >= 0.3 is 116 Å². The van der Waals surface area contributed by atoms with Crippen molar-refractivity contribution in [3.8, 4) is 0 Å². The minimum atomic E-state index is 0.149. The van der Waals surface area contributed by atoms with Crippen LogP contribution in [0.3, 0.4) is 0 Å². The van der Waals surface area contributed by atoms with Crippen LogP contribution in [0, 0.1) is 0 Å². The summed E-state index contributed by atoms with van der Waals surface area (Å²) in [6.45, 7) is 6.81. The molecule has 0 saturated carbocycles. The molecule has 0 aromatic rings. The Kier molecular flexibility index (Phi) is 25.8. The van der Waals surface area contributed by atoms with Gasteiger partial charge in [0.2, 0.25) is 0 Å². The Hall–Kier alpha value is 1.60. The summed E-state index contributed by atoms with van der Waals surface area (Å²) in [7, 11) is 0. The average molecular weight is 409 g/mol. The normalized spacial score (nSPS) is 8.93. The van der Waals surface area contributed by atoms with Crippen LogP contribution in [0.25, 0.3) is 0 Å². The van der Waals surface area contributed by atoms with Crippen molar-refractivity contribution in [2.24, 2.45) is 0 Å². The average Bonchev–Trinajstić information content (AvgIpc) is 2.20. The summed E-state index contributed by atoms with van der Waals surface area (Å²) in [6.07, 6.45) is 8.63. The van der Waals surface area contributed by atoms with E-state index in [1.54, 1.807) is 31.4 Å². The molecule has 0 spiro atoms. The van der Waals surface area contributed by atoms with E-state index in [-0.39, 0.29) is 21.1 Å². The van der Waals surface area contributed by atoms with Crippen molar-refractivity contribution in [2.75, 3.05) is 0 Å². The molecular formula is C12H27Sn2+5. The monoisotopic (exact) mass is 411 g/mol. The maximum absolute atomic E-state index is 2.29. The third kappa shape index (κ3) is 23.4. The van der Waals surface area contributed by atoms with Crippen LogP contribution in [0.2, 0.25) is 13.3 Å². The molecule has 0 unspecified atom stereocenters. The second-order valence-electron chi connectivity index (χ2n) is 3.56. The van der Waals surface area contributed by atoms with E-state index in [1.165, 1.54) is 43.0 Å². The molecule has 0 fully saturated rings. The Bertz CT molecular complexity index is 66.7. The predicted octanol–water partition coefficient (Wildman–Crippen LogP) is 4.50.